The number of amides is 1. The summed E-state index contributed by atoms with van der Waals surface area (Å²) in [6.45, 7) is 2.85. The summed E-state index contributed by atoms with van der Waals surface area (Å²) in [6.07, 6.45) is 0. The van der Waals surface area contributed by atoms with E-state index in [-0.39, 0.29) is 11.7 Å². The summed E-state index contributed by atoms with van der Waals surface area (Å²) in [5.74, 6) is -0.242. The number of allylic oxidation sites excluding steroid dienone is 1. The standard InChI is InChI=1S/C21H21F2N3O2S/c1-11-4-7-15(10-12(11)2)25-19(27)17-13(3)24-21(29)26-18(17)14-5-8-16(9-6-14)28-20(22)23/h4-10,18,20H,1-3H3,(H,25,27)(H2,24,26,29)/t18-/m0/s1. The topological polar surface area (TPSA) is 62.4 Å². The number of nitrogens with one attached hydrogen (secondary N) is 3. The quantitative estimate of drug-likeness (QED) is 0.632. The Balaban J connectivity index is 1.89. The minimum Gasteiger partial charge on any atom is -0.435 e. The third-order valence-corrected chi connectivity index (χ3v) is 4.94. The highest BCUT2D eigenvalue weighted by Crippen LogP contribution is 2.29. The van der Waals surface area contributed by atoms with Crippen molar-refractivity contribution in [2.75, 3.05) is 5.32 Å². The maximum atomic E-state index is 13.1. The highest BCUT2D eigenvalue weighted by atomic mass is 32.1. The van der Waals surface area contributed by atoms with Gasteiger partial charge in [-0.3, -0.25) is 4.79 Å². The fourth-order valence-electron chi connectivity index (χ4n) is 3.10. The molecule has 0 aromatic heterocycles. The Labute approximate surface area is 173 Å². The number of benzene rings is 2. The van der Waals surface area contributed by atoms with E-state index in [1.807, 2.05) is 32.0 Å². The monoisotopic (exact) mass is 417 g/mol. The van der Waals surface area contributed by atoms with E-state index in [0.29, 0.717) is 27.6 Å². The van der Waals surface area contributed by atoms with Gasteiger partial charge in [0.2, 0.25) is 0 Å². The van der Waals surface area contributed by atoms with Crippen molar-refractivity contribution in [2.45, 2.75) is 33.4 Å². The Morgan fingerprint density at radius 3 is 2.41 bits per heavy atom. The molecule has 0 fully saturated rings. The summed E-state index contributed by atoms with van der Waals surface area (Å²) >= 11 is 5.23. The number of hydrogen-bond acceptors (Lipinski definition) is 3. The van der Waals surface area contributed by atoms with Crippen LogP contribution in [-0.2, 0) is 4.79 Å². The summed E-state index contributed by atoms with van der Waals surface area (Å²) < 4.78 is 29.2. The maximum Gasteiger partial charge on any atom is 0.387 e. The van der Waals surface area contributed by atoms with Gasteiger partial charge in [-0.15, -0.1) is 0 Å². The van der Waals surface area contributed by atoms with Gasteiger partial charge in [0.05, 0.1) is 11.6 Å². The van der Waals surface area contributed by atoms with Crippen molar-refractivity contribution in [1.29, 1.82) is 0 Å². The summed E-state index contributed by atoms with van der Waals surface area (Å²) in [5.41, 5.74) is 4.66. The predicted molar refractivity (Wildman–Crippen MR) is 112 cm³/mol. The van der Waals surface area contributed by atoms with Gasteiger partial charge in [-0.2, -0.15) is 8.78 Å². The van der Waals surface area contributed by atoms with Crippen LogP contribution in [0.25, 0.3) is 0 Å². The minimum absolute atomic E-state index is 0.0436. The first-order valence-corrected chi connectivity index (χ1v) is 9.37. The number of ether oxygens (including phenoxy) is 1. The molecule has 0 spiro atoms. The number of aryl methyl sites for hydroxylation is 2. The van der Waals surface area contributed by atoms with Crippen molar-refractivity contribution in [3.05, 3.63) is 70.4 Å². The zero-order chi connectivity index (χ0) is 21.1. The first-order chi connectivity index (χ1) is 13.7. The van der Waals surface area contributed by atoms with Crippen molar-refractivity contribution in [3.8, 4) is 5.75 Å². The van der Waals surface area contributed by atoms with Crippen LogP contribution < -0.4 is 20.7 Å². The van der Waals surface area contributed by atoms with Gasteiger partial charge in [0, 0.05) is 11.4 Å². The summed E-state index contributed by atoms with van der Waals surface area (Å²) in [6, 6.07) is 11.3. The van der Waals surface area contributed by atoms with Crippen molar-refractivity contribution < 1.29 is 18.3 Å². The third kappa shape index (κ3) is 4.89. The average molecular weight is 417 g/mol. The highest BCUT2D eigenvalue weighted by molar-refractivity contribution is 7.80. The van der Waals surface area contributed by atoms with E-state index in [1.54, 1.807) is 19.1 Å². The second-order valence-corrected chi connectivity index (χ2v) is 7.18. The van der Waals surface area contributed by atoms with Crippen LogP contribution in [0.2, 0.25) is 0 Å². The van der Waals surface area contributed by atoms with Crippen molar-refractivity contribution >= 4 is 28.9 Å². The molecule has 1 aliphatic rings. The lowest BCUT2D eigenvalue weighted by atomic mass is 9.94. The van der Waals surface area contributed by atoms with Gasteiger partial charge in [-0.25, -0.2) is 0 Å². The molecule has 2 aromatic carbocycles. The Hall–Kier alpha value is -3.00. The third-order valence-electron chi connectivity index (χ3n) is 4.72. The first-order valence-electron chi connectivity index (χ1n) is 8.96. The van der Waals surface area contributed by atoms with Gasteiger partial charge >= 0.3 is 6.61 Å². The van der Waals surface area contributed by atoms with E-state index in [4.69, 9.17) is 12.2 Å². The van der Waals surface area contributed by atoms with Crippen LogP contribution in [0, 0.1) is 13.8 Å². The summed E-state index contributed by atoms with van der Waals surface area (Å²) in [5, 5.41) is 9.34. The molecule has 3 N–H and O–H groups in total. The number of rotatable bonds is 5. The zero-order valence-electron chi connectivity index (χ0n) is 16.2. The number of anilines is 1. The lowest BCUT2D eigenvalue weighted by Gasteiger charge is -2.30. The molecule has 152 valence electrons. The fraction of sp³-hybridized carbons (Fsp3) is 0.238. The van der Waals surface area contributed by atoms with Crippen LogP contribution in [-0.4, -0.2) is 17.6 Å². The van der Waals surface area contributed by atoms with Gasteiger partial charge < -0.3 is 20.7 Å². The molecule has 0 radical (unpaired) electrons. The number of carbonyl (C=O) groups excluding carboxylic acids is 1. The van der Waals surface area contributed by atoms with Crippen LogP contribution in [0.5, 0.6) is 5.75 Å². The van der Waals surface area contributed by atoms with E-state index in [2.05, 4.69) is 20.7 Å². The molecule has 8 heteroatoms. The van der Waals surface area contributed by atoms with E-state index in [1.165, 1.54) is 12.1 Å². The molecule has 0 bridgehead atoms. The molecule has 1 amide bonds. The fourth-order valence-corrected chi connectivity index (χ4v) is 3.38. The Kier molecular flexibility index (Phi) is 6.12. The molecule has 1 aliphatic heterocycles. The van der Waals surface area contributed by atoms with Crippen LogP contribution >= 0.6 is 12.2 Å². The Bertz CT molecular complexity index is 974. The summed E-state index contributed by atoms with van der Waals surface area (Å²) in [7, 11) is 0. The lowest BCUT2D eigenvalue weighted by molar-refractivity contribution is -0.113. The number of carbonyl (C=O) groups is 1. The van der Waals surface area contributed by atoms with Crippen molar-refractivity contribution in [3.63, 3.8) is 0 Å². The lowest BCUT2D eigenvalue weighted by Crippen LogP contribution is -2.45. The largest absolute Gasteiger partial charge is 0.435 e. The van der Waals surface area contributed by atoms with Crippen LogP contribution in [0.4, 0.5) is 14.5 Å². The number of hydrogen-bond donors (Lipinski definition) is 3. The molecule has 0 unspecified atom stereocenters. The molecular formula is C21H21F2N3O2S. The first kappa shape index (κ1) is 20.7. The van der Waals surface area contributed by atoms with Gasteiger partial charge in [0.15, 0.2) is 5.11 Å². The molecule has 1 heterocycles. The second kappa shape index (κ2) is 8.57. The molecule has 29 heavy (non-hydrogen) atoms. The SMILES string of the molecule is CC1=C(C(=O)Nc2ccc(C)c(C)c2)[C@H](c2ccc(OC(F)F)cc2)NC(=S)N1. The zero-order valence-corrected chi connectivity index (χ0v) is 17.0. The smallest absolute Gasteiger partial charge is 0.387 e. The van der Waals surface area contributed by atoms with Crippen LogP contribution in [0.15, 0.2) is 53.7 Å². The molecule has 0 saturated heterocycles. The Morgan fingerprint density at radius 1 is 1.10 bits per heavy atom. The van der Waals surface area contributed by atoms with Gasteiger partial charge in [0.25, 0.3) is 5.91 Å². The van der Waals surface area contributed by atoms with Gasteiger partial charge in [-0.05, 0) is 73.9 Å². The second-order valence-electron chi connectivity index (χ2n) is 6.77. The molecule has 3 rings (SSSR count). The predicted octanol–water partition coefficient (Wildman–Crippen LogP) is 4.34. The Morgan fingerprint density at radius 2 is 1.79 bits per heavy atom. The van der Waals surface area contributed by atoms with E-state index in [9.17, 15) is 13.6 Å². The molecule has 0 saturated carbocycles. The van der Waals surface area contributed by atoms with E-state index >= 15 is 0 Å². The van der Waals surface area contributed by atoms with Crippen molar-refractivity contribution in [1.82, 2.24) is 10.6 Å². The molecule has 0 aliphatic carbocycles. The van der Waals surface area contributed by atoms with Gasteiger partial charge in [0.1, 0.15) is 5.75 Å². The van der Waals surface area contributed by atoms with E-state index < -0.39 is 12.7 Å². The van der Waals surface area contributed by atoms with Crippen LogP contribution in [0.1, 0.15) is 29.7 Å². The van der Waals surface area contributed by atoms with Crippen molar-refractivity contribution in [2.24, 2.45) is 0 Å². The molecule has 2 aromatic rings. The molecular weight excluding hydrogens is 396 g/mol. The van der Waals surface area contributed by atoms with Crippen LogP contribution in [0.3, 0.4) is 0 Å². The minimum atomic E-state index is -2.90. The molecule has 1 atom stereocenters. The molecule has 5 nitrogen and oxygen atoms in total. The highest BCUT2D eigenvalue weighted by Gasteiger charge is 2.30. The number of thiocarbonyl (C=S) groups is 1. The average Bonchev–Trinajstić information content (AvgIpc) is 2.64. The van der Waals surface area contributed by atoms with Gasteiger partial charge in [-0.1, -0.05) is 18.2 Å². The number of halogens is 2. The number of alkyl halides is 2. The maximum absolute atomic E-state index is 13.1. The normalized spacial score (nSPS) is 16.3. The van der Waals surface area contributed by atoms with E-state index in [0.717, 1.165) is 11.1 Å². The summed E-state index contributed by atoms with van der Waals surface area (Å²) in [4.78, 5) is 13.1.